The summed E-state index contributed by atoms with van der Waals surface area (Å²) in [7, 11) is 0. The molecular formula is C20H23N3O. The minimum absolute atomic E-state index is 0.122. The second kappa shape index (κ2) is 8.29. The molecule has 0 radical (unpaired) electrons. The quantitative estimate of drug-likeness (QED) is 0.773. The summed E-state index contributed by atoms with van der Waals surface area (Å²) in [5.41, 5.74) is 3.75. The fraction of sp³-hybridized carbons (Fsp3) is 0.300. The maximum atomic E-state index is 12.3. The van der Waals surface area contributed by atoms with Crippen LogP contribution in [0.2, 0.25) is 0 Å². The zero-order valence-corrected chi connectivity index (χ0v) is 13.8. The molecule has 1 heterocycles. The van der Waals surface area contributed by atoms with Crippen molar-refractivity contribution in [1.82, 2.24) is 10.3 Å². The van der Waals surface area contributed by atoms with Gasteiger partial charge in [0.2, 0.25) is 0 Å². The van der Waals surface area contributed by atoms with E-state index in [-0.39, 0.29) is 5.91 Å². The molecule has 0 fully saturated rings. The van der Waals surface area contributed by atoms with Crippen molar-refractivity contribution in [1.29, 1.82) is 0 Å². The van der Waals surface area contributed by atoms with Crippen molar-refractivity contribution in [3.63, 3.8) is 0 Å². The summed E-state index contributed by atoms with van der Waals surface area (Å²) in [5.74, 6) is -0.122. The number of nitrogens with one attached hydrogen (secondary N) is 2. The number of allylic oxidation sites excluding steroid dienone is 1. The normalized spacial score (nSPS) is 13.9. The highest BCUT2D eigenvalue weighted by Crippen LogP contribution is 2.19. The first-order valence-corrected chi connectivity index (χ1v) is 8.55. The number of benzene rings is 1. The zero-order valence-electron chi connectivity index (χ0n) is 13.8. The van der Waals surface area contributed by atoms with Crippen LogP contribution in [-0.4, -0.2) is 17.4 Å². The fourth-order valence-electron chi connectivity index (χ4n) is 2.88. The van der Waals surface area contributed by atoms with Crippen LogP contribution < -0.4 is 10.6 Å². The van der Waals surface area contributed by atoms with Gasteiger partial charge in [0.15, 0.2) is 0 Å². The van der Waals surface area contributed by atoms with Gasteiger partial charge in [-0.25, -0.2) is 0 Å². The number of amides is 1. The van der Waals surface area contributed by atoms with Crippen molar-refractivity contribution in [3.05, 3.63) is 66.0 Å². The molecule has 3 rings (SSSR count). The van der Waals surface area contributed by atoms with E-state index in [0.717, 1.165) is 17.8 Å². The Hall–Kier alpha value is -2.62. The molecule has 0 saturated heterocycles. The molecule has 24 heavy (non-hydrogen) atoms. The largest absolute Gasteiger partial charge is 0.355 e. The molecule has 0 aliphatic heterocycles. The Balaban J connectivity index is 1.55. The van der Waals surface area contributed by atoms with Crippen molar-refractivity contribution < 1.29 is 4.79 Å². The first-order valence-electron chi connectivity index (χ1n) is 8.55. The third-order valence-corrected chi connectivity index (χ3v) is 4.17. The van der Waals surface area contributed by atoms with Gasteiger partial charge in [0.1, 0.15) is 5.69 Å². The summed E-state index contributed by atoms with van der Waals surface area (Å²) in [4.78, 5) is 16.4. The monoisotopic (exact) mass is 321 g/mol. The van der Waals surface area contributed by atoms with Gasteiger partial charge in [-0.3, -0.25) is 9.78 Å². The number of aromatic nitrogens is 1. The van der Waals surface area contributed by atoms with Gasteiger partial charge in [0.25, 0.3) is 5.91 Å². The van der Waals surface area contributed by atoms with Gasteiger partial charge < -0.3 is 10.6 Å². The minimum Gasteiger partial charge on any atom is -0.355 e. The van der Waals surface area contributed by atoms with E-state index in [2.05, 4.69) is 21.7 Å². The van der Waals surface area contributed by atoms with Gasteiger partial charge in [-0.2, -0.15) is 0 Å². The predicted octanol–water partition coefficient (Wildman–Crippen LogP) is 4.45. The highest BCUT2D eigenvalue weighted by molar-refractivity contribution is 5.93. The number of para-hydroxylation sites is 1. The Morgan fingerprint density at radius 3 is 2.75 bits per heavy atom. The van der Waals surface area contributed by atoms with Crippen LogP contribution in [0.15, 0.2) is 60.3 Å². The van der Waals surface area contributed by atoms with E-state index in [1.807, 2.05) is 36.4 Å². The molecule has 0 saturated carbocycles. The molecule has 4 heteroatoms. The molecule has 124 valence electrons. The van der Waals surface area contributed by atoms with Crippen LogP contribution in [0.5, 0.6) is 0 Å². The van der Waals surface area contributed by atoms with E-state index in [9.17, 15) is 4.79 Å². The average molecular weight is 321 g/mol. The van der Waals surface area contributed by atoms with E-state index < -0.39 is 0 Å². The number of nitrogens with zero attached hydrogens (tertiary/aromatic N) is 1. The van der Waals surface area contributed by atoms with Gasteiger partial charge in [-0.15, -0.1) is 0 Å². The van der Waals surface area contributed by atoms with Gasteiger partial charge in [-0.1, -0.05) is 29.8 Å². The minimum atomic E-state index is -0.122. The Kier molecular flexibility index (Phi) is 5.61. The summed E-state index contributed by atoms with van der Waals surface area (Å²) in [6, 6.07) is 13.5. The van der Waals surface area contributed by atoms with Gasteiger partial charge in [-0.05, 0) is 56.4 Å². The molecule has 1 aliphatic carbocycles. The van der Waals surface area contributed by atoms with Crippen LogP contribution in [0.1, 0.15) is 42.6 Å². The van der Waals surface area contributed by atoms with Crippen LogP contribution in [0, 0.1) is 0 Å². The van der Waals surface area contributed by atoms with Crippen LogP contribution >= 0.6 is 0 Å². The maximum Gasteiger partial charge on any atom is 0.269 e. The van der Waals surface area contributed by atoms with E-state index in [4.69, 9.17) is 0 Å². The maximum absolute atomic E-state index is 12.3. The Bertz CT molecular complexity index is 710. The molecular weight excluding hydrogens is 298 g/mol. The molecule has 1 amide bonds. The summed E-state index contributed by atoms with van der Waals surface area (Å²) >= 11 is 0. The van der Waals surface area contributed by atoms with Crippen molar-refractivity contribution in [3.8, 4) is 0 Å². The Morgan fingerprint density at radius 2 is 1.96 bits per heavy atom. The first-order chi connectivity index (χ1) is 11.8. The SMILES string of the molecule is O=C(NCCC1=CCCCC1)c1cc(Nc2ccccc2)ccn1. The molecule has 0 atom stereocenters. The van der Waals surface area contributed by atoms with Crippen molar-refractivity contribution in [2.45, 2.75) is 32.1 Å². The van der Waals surface area contributed by atoms with Crippen molar-refractivity contribution in [2.24, 2.45) is 0 Å². The van der Waals surface area contributed by atoms with E-state index in [1.165, 1.54) is 31.3 Å². The lowest BCUT2D eigenvalue weighted by Gasteiger charge is -2.13. The van der Waals surface area contributed by atoms with Crippen LogP contribution in [-0.2, 0) is 0 Å². The number of hydrogen-bond donors (Lipinski definition) is 2. The lowest BCUT2D eigenvalue weighted by atomic mass is 9.97. The molecule has 4 nitrogen and oxygen atoms in total. The molecule has 0 spiro atoms. The smallest absolute Gasteiger partial charge is 0.269 e. The highest BCUT2D eigenvalue weighted by atomic mass is 16.1. The lowest BCUT2D eigenvalue weighted by molar-refractivity contribution is 0.0949. The summed E-state index contributed by atoms with van der Waals surface area (Å²) in [6.45, 7) is 0.669. The summed E-state index contributed by atoms with van der Waals surface area (Å²) < 4.78 is 0. The third-order valence-electron chi connectivity index (χ3n) is 4.17. The van der Waals surface area contributed by atoms with Gasteiger partial charge in [0.05, 0.1) is 0 Å². The standard InChI is InChI=1S/C20H23N3O/c24-20(22-13-11-16-7-3-1-4-8-16)19-15-18(12-14-21-19)23-17-9-5-2-6-10-17/h2,5-7,9-10,12,14-15H,1,3-4,8,11,13H2,(H,21,23)(H,22,24). The average Bonchev–Trinajstić information content (AvgIpc) is 2.64. The fourth-order valence-corrected chi connectivity index (χ4v) is 2.88. The summed E-state index contributed by atoms with van der Waals surface area (Å²) in [5, 5.41) is 6.25. The number of pyridine rings is 1. The number of anilines is 2. The first kappa shape index (κ1) is 16.2. The Labute approximate surface area is 143 Å². The van der Waals surface area contributed by atoms with Gasteiger partial charge >= 0.3 is 0 Å². The third kappa shape index (κ3) is 4.69. The number of carbonyl (C=O) groups is 1. The lowest BCUT2D eigenvalue weighted by Crippen LogP contribution is -2.25. The highest BCUT2D eigenvalue weighted by Gasteiger charge is 2.09. The molecule has 2 N–H and O–H groups in total. The van der Waals surface area contributed by atoms with Gasteiger partial charge in [0, 0.05) is 24.1 Å². The Morgan fingerprint density at radius 1 is 1.08 bits per heavy atom. The van der Waals surface area contributed by atoms with Crippen molar-refractivity contribution in [2.75, 3.05) is 11.9 Å². The van der Waals surface area contributed by atoms with Crippen LogP contribution in [0.25, 0.3) is 0 Å². The molecule has 0 bridgehead atoms. The number of carbonyl (C=O) groups excluding carboxylic acids is 1. The molecule has 0 unspecified atom stereocenters. The van der Waals surface area contributed by atoms with Crippen LogP contribution in [0.3, 0.4) is 0 Å². The van der Waals surface area contributed by atoms with Crippen molar-refractivity contribution >= 4 is 17.3 Å². The molecule has 1 aliphatic rings. The summed E-state index contributed by atoms with van der Waals surface area (Å²) in [6.07, 6.45) is 9.83. The zero-order chi connectivity index (χ0) is 16.6. The van der Waals surface area contributed by atoms with Crippen LogP contribution in [0.4, 0.5) is 11.4 Å². The topological polar surface area (TPSA) is 54.0 Å². The number of hydrogen-bond acceptors (Lipinski definition) is 3. The van der Waals surface area contributed by atoms with E-state index in [0.29, 0.717) is 12.2 Å². The van der Waals surface area contributed by atoms with E-state index in [1.54, 1.807) is 12.3 Å². The second-order valence-electron chi connectivity index (χ2n) is 6.03. The number of rotatable bonds is 6. The second-order valence-corrected chi connectivity index (χ2v) is 6.03. The molecule has 1 aromatic heterocycles. The molecule has 1 aromatic carbocycles. The predicted molar refractivity (Wildman–Crippen MR) is 97.5 cm³/mol. The molecule has 2 aromatic rings. The van der Waals surface area contributed by atoms with E-state index >= 15 is 0 Å².